The number of rotatable bonds is 4. The van der Waals surface area contributed by atoms with Crippen LogP contribution in [-0.4, -0.2) is 28.9 Å². The molecular weight excluding hydrogens is 194 g/mol. The molecule has 0 saturated carbocycles. The fourth-order valence-electron chi connectivity index (χ4n) is 1.20. The number of aliphatic hydroxyl groups is 1. The highest BCUT2D eigenvalue weighted by atomic mass is 16.6. The summed E-state index contributed by atoms with van der Waals surface area (Å²) >= 11 is 0. The number of carbonyl (C=O) groups is 1. The van der Waals surface area contributed by atoms with Gasteiger partial charge in [0.15, 0.2) is 0 Å². The van der Waals surface area contributed by atoms with Crippen molar-refractivity contribution in [3.8, 4) is 0 Å². The quantitative estimate of drug-likeness (QED) is 0.757. The smallest absolute Gasteiger partial charge is 0.407 e. The van der Waals surface area contributed by atoms with Gasteiger partial charge in [0.1, 0.15) is 5.60 Å². The summed E-state index contributed by atoms with van der Waals surface area (Å²) in [7, 11) is 0. The number of aliphatic hydroxyl groups excluding tert-OH is 1. The molecule has 0 saturated heterocycles. The Kier molecular flexibility index (Phi) is 5.65. The molecule has 90 valence electrons. The van der Waals surface area contributed by atoms with E-state index < -0.39 is 17.8 Å². The minimum absolute atomic E-state index is 0.232. The molecule has 4 heteroatoms. The van der Waals surface area contributed by atoms with Crippen molar-refractivity contribution in [1.29, 1.82) is 0 Å². The van der Waals surface area contributed by atoms with Crippen LogP contribution in [0, 0.1) is 0 Å². The molecule has 0 aromatic rings. The van der Waals surface area contributed by atoms with E-state index in [0.29, 0.717) is 0 Å². The summed E-state index contributed by atoms with van der Waals surface area (Å²) in [4.78, 5) is 11.4. The number of amides is 1. The van der Waals surface area contributed by atoms with Crippen molar-refractivity contribution in [3.63, 3.8) is 0 Å². The van der Waals surface area contributed by atoms with Crippen LogP contribution in [0.3, 0.4) is 0 Å². The lowest BCUT2D eigenvalue weighted by Gasteiger charge is -2.24. The second-order valence-electron chi connectivity index (χ2n) is 4.78. The molecule has 2 atom stereocenters. The molecule has 0 bridgehead atoms. The van der Waals surface area contributed by atoms with E-state index in [9.17, 15) is 9.90 Å². The molecule has 0 spiro atoms. The van der Waals surface area contributed by atoms with Gasteiger partial charge in [-0.15, -0.1) is 0 Å². The average Bonchev–Trinajstić information content (AvgIpc) is 1.99. The van der Waals surface area contributed by atoms with Crippen molar-refractivity contribution in [1.82, 2.24) is 5.32 Å². The molecule has 0 rings (SSSR count). The van der Waals surface area contributed by atoms with E-state index in [4.69, 9.17) is 4.74 Å². The Labute approximate surface area is 92.0 Å². The first kappa shape index (κ1) is 14.2. The van der Waals surface area contributed by atoms with Gasteiger partial charge in [-0.05, 0) is 34.1 Å². The largest absolute Gasteiger partial charge is 0.444 e. The molecular formula is C11H23NO3. The third kappa shape index (κ3) is 7.19. The van der Waals surface area contributed by atoms with Crippen LogP contribution >= 0.6 is 0 Å². The zero-order valence-electron chi connectivity index (χ0n) is 10.3. The molecule has 0 fully saturated rings. The van der Waals surface area contributed by atoms with Gasteiger partial charge >= 0.3 is 6.09 Å². The van der Waals surface area contributed by atoms with Crippen LogP contribution in [-0.2, 0) is 4.74 Å². The van der Waals surface area contributed by atoms with Gasteiger partial charge in [0, 0.05) is 0 Å². The molecule has 0 unspecified atom stereocenters. The van der Waals surface area contributed by atoms with Gasteiger partial charge in [-0.25, -0.2) is 4.79 Å². The molecule has 0 radical (unpaired) electrons. The van der Waals surface area contributed by atoms with Gasteiger partial charge in [-0.1, -0.05) is 13.3 Å². The van der Waals surface area contributed by atoms with Gasteiger partial charge < -0.3 is 15.2 Å². The summed E-state index contributed by atoms with van der Waals surface area (Å²) in [5, 5.41) is 12.1. The Morgan fingerprint density at radius 1 is 1.47 bits per heavy atom. The lowest BCUT2D eigenvalue weighted by molar-refractivity contribution is 0.0430. The average molecular weight is 217 g/mol. The minimum Gasteiger partial charge on any atom is -0.444 e. The lowest BCUT2D eigenvalue weighted by Crippen LogP contribution is -2.44. The number of ether oxygens (including phenoxy) is 1. The van der Waals surface area contributed by atoms with E-state index in [0.717, 1.165) is 12.8 Å². The Bertz CT molecular complexity index is 196. The zero-order chi connectivity index (χ0) is 12.1. The molecule has 15 heavy (non-hydrogen) atoms. The van der Waals surface area contributed by atoms with Gasteiger partial charge in [-0.2, -0.15) is 0 Å². The first-order valence-corrected chi connectivity index (χ1v) is 5.44. The standard InChI is InChI=1S/C11H23NO3/c1-6-7-9(8(2)13)12-10(14)15-11(3,4)5/h8-9,13H,6-7H2,1-5H3,(H,12,14)/t8-,9-/m1/s1. The van der Waals surface area contributed by atoms with Crippen LogP contribution < -0.4 is 5.32 Å². The minimum atomic E-state index is -0.558. The highest BCUT2D eigenvalue weighted by Gasteiger charge is 2.21. The second-order valence-corrected chi connectivity index (χ2v) is 4.78. The van der Waals surface area contributed by atoms with E-state index in [1.165, 1.54) is 0 Å². The number of hydrogen-bond donors (Lipinski definition) is 2. The number of carbonyl (C=O) groups excluding carboxylic acids is 1. The number of hydrogen-bond acceptors (Lipinski definition) is 3. The van der Waals surface area contributed by atoms with Crippen molar-refractivity contribution in [2.45, 2.75) is 65.2 Å². The molecule has 0 aromatic carbocycles. The van der Waals surface area contributed by atoms with E-state index in [2.05, 4.69) is 5.32 Å². The third-order valence-electron chi connectivity index (χ3n) is 1.88. The van der Waals surface area contributed by atoms with Crippen molar-refractivity contribution < 1.29 is 14.6 Å². The molecule has 0 aliphatic carbocycles. The first-order chi connectivity index (χ1) is 6.76. The van der Waals surface area contributed by atoms with Crippen molar-refractivity contribution in [2.24, 2.45) is 0 Å². The Morgan fingerprint density at radius 3 is 2.33 bits per heavy atom. The summed E-state index contributed by atoms with van der Waals surface area (Å²) in [5.74, 6) is 0. The molecule has 4 nitrogen and oxygen atoms in total. The highest BCUT2D eigenvalue weighted by Crippen LogP contribution is 2.08. The maximum absolute atomic E-state index is 11.4. The maximum Gasteiger partial charge on any atom is 0.407 e. The van der Waals surface area contributed by atoms with E-state index in [-0.39, 0.29) is 6.04 Å². The Balaban J connectivity index is 4.11. The van der Waals surface area contributed by atoms with Crippen molar-refractivity contribution in [2.75, 3.05) is 0 Å². The molecule has 0 aliphatic heterocycles. The fourth-order valence-corrected chi connectivity index (χ4v) is 1.20. The van der Waals surface area contributed by atoms with Gasteiger partial charge in [-0.3, -0.25) is 0 Å². The predicted octanol–water partition coefficient (Wildman–Crippen LogP) is 2.06. The summed E-state index contributed by atoms with van der Waals surface area (Å²) in [6.45, 7) is 9.10. The van der Waals surface area contributed by atoms with E-state index >= 15 is 0 Å². The monoisotopic (exact) mass is 217 g/mol. The van der Waals surface area contributed by atoms with Crippen molar-refractivity contribution >= 4 is 6.09 Å². The van der Waals surface area contributed by atoms with Crippen LogP contribution in [0.2, 0.25) is 0 Å². The normalized spacial score (nSPS) is 15.6. The van der Waals surface area contributed by atoms with Crippen molar-refractivity contribution in [3.05, 3.63) is 0 Å². The third-order valence-corrected chi connectivity index (χ3v) is 1.88. The van der Waals surface area contributed by atoms with Crippen LogP contribution in [0.1, 0.15) is 47.5 Å². The molecule has 0 heterocycles. The van der Waals surface area contributed by atoms with Crippen LogP contribution in [0.4, 0.5) is 4.79 Å². The summed E-state index contributed by atoms with van der Waals surface area (Å²) < 4.78 is 5.10. The van der Waals surface area contributed by atoms with Gasteiger partial charge in [0.25, 0.3) is 0 Å². The SMILES string of the molecule is CCC[C@@H](NC(=O)OC(C)(C)C)[C@@H](C)O. The van der Waals surface area contributed by atoms with Crippen LogP contribution in [0.5, 0.6) is 0 Å². The predicted molar refractivity (Wildman–Crippen MR) is 59.7 cm³/mol. The second kappa shape index (κ2) is 5.95. The molecule has 1 amide bonds. The van der Waals surface area contributed by atoms with Gasteiger partial charge in [0.2, 0.25) is 0 Å². The highest BCUT2D eigenvalue weighted by molar-refractivity contribution is 5.68. The Hall–Kier alpha value is -0.770. The lowest BCUT2D eigenvalue weighted by atomic mass is 10.1. The topological polar surface area (TPSA) is 58.6 Å². The Morgan fingerprint density at radius 2 is 2.00 bits per heavy atom. The van der Waals surface area contributed by atoms with Crippen LogP contribution in [0.15, 0.2) is 0 Å². The van der Waals surface area contributed by atoms with E-state index in [1.54, 1.807) is 6.92 Å². The molecule has 2 N–H and O–H groups in total. The van der Waals surface area contributed by atoms with E-state index in [1.807, 2.05) is 27.7 Å². The number of nitrogens with one attached hydrogen (secondary N) is 1. The molecule has 0 aromatic heterocycles. The first-order valence-electron chi connectivity index (χ1n) is 5.44. The zero-order valence-corrected chi connectivity index (χ0v) is 10.3. The number of alkyl carbamates (subject to hydrolysis) is 1. The molecule has 0 aliphatic rings. The maximum atomic E-state index is 11.4. The summed E-state index contributed by atoms with van der Waals surface area (Å²) in [5.41, 5.74) is -0.500. The summed E-state index contributed by atoms with van der Waals surface area (Å²) in [6.07, 6.45) is 0.627. The summed E-state index contributed by atoms with van der Waals surface area (Å²) in [6, 6.07) is -0.232. The fraction of sp³-hybridized carbons (Fsp3) is 0.909. The van der Waals surface area contributed by atoms with Crippen LogP contribution in [0.25, 0.3) is 0 Å². The van der Waals surface area contributed by atoms with Gasteiger partial charge in [0.05, 0.1) is 12.1 Å².